The zero-order valence-corrected chi connectivity index (χ0v) is 12.0. The van der Waals surface area contributed by atoms with Crippen LogP contribution in [-0.4, -0.2) is 34.5 Å². The van der Waals surface area contributed by atoms with Crippen LogP contribution in [0, 0.1) is 5.41 Å². The molecule has 0 saturated carbocycles. The number of rotatable bonds is 6. The fourth-order valence-corrected chi connectivity index (χ4v) is 1.56. The average molecular weight is 293 g/mol. The van der Waals surface area contributed by atoms with E-state index in [4.69, 9.17) is 5.11 Å². The normalized spacial score (nSPS) is 10.8. The molecule has 0 aliphatic heterocycles. The quantitative estimate of drug-likeness (QED) is 0.723. The van der Waals surface area contributed by atoms with Crippen LogP contribution >= 0.6 is 0 Å². The van der Waals surface area contributed by atoms with E-state index in [0.29, 0.717) is 13.0 Å². The summed E-state index contributed by atoms with van der Waals surface area (Å²) >= 11 is 0. The van der Waals surface area contributed by atoms with Gasteiger partial charge in [-0.1, -0.05) is 0 Å². The van der Waals surface area contributed by atoms with Crippen molar-refractivity contribution in [3.63, 3.8) is 0 Å². The van der Waals surface area contributed by atoms with Crippen LogP contribution in [-0.2, 0) is 16.0 Å². The van der Waals surface area contributed by atoms with Gasteiger partial charge in [0.1, 0.15) is 0 Å². The average Bonchev–Trinajstić information content (AvgIpc) is 2.38. The maximum absolute atomic E-state index is 11.6. The number of hydrogen-bond acceptors (Lipinski definition) is 4. The maximum atomic E-state index is 11.6. The predicted octanol–water partition coefficient (Wildman–Crippen LogP) is 0.951. The van der Waals surface area contributed by atoms with Crippen molar-refractivity contribution < 1.29 is 19.5 Å². The summed E-state index contributed by atoms with van der Waals surface area (Å²) in [7, 11) is 0. The smallest absolute Gasteiger partial charge is 0.321 e. The van der Waals surface area contributed by atoms with Crippen LogP contribution in [0.2, 0.25) is 0 Å². The number of imide groups is 1. The number of carbonyl (C=O) groups is 3. The number of aromatic nitrogens is 1. The van der Waals surface area contributed by atoms with Gasteiger partial charge in [0.25, 0.3) is 0 Å². The first-order valence-corrected chi connectivity index (χ1v) is 6.51. The molecule has 0 fully saturated rings. The first kappa shape index (κ1) is 16.6. The SMILES string of the molecule is CC(C)(CC(=O)NC(=O)NCCc1ccncc1)C(=O)O. The van der Waals surface area contributed by atoms with Crippen molar-refractivity contribution in [2.45, 2.75) is 26.7 Å². The summed E-state index contributed by atoms with van der Waals surface area (Å²) in [4.78, 5) is 37.8. The van der Waals surface area contributed by atoms with Gasteiger partial charge in [-0.3, -0.25) is 19.9 Å². The zero-order valence-electron chi connectivity index (χ0n) is 12.0. The van der Waals surface area contributed by atoms with Gasteiger partial charge in [0.05, 0.1) is 5.41 Å². The minimum absolute atomic E-state index is 0.264. The molecule has 3 N–H and O–H groups in total. The minimum atomic E-state index is -1.21. The van der Waals surface area contributed by atoms with E-state index in [1.807, 2.05) is 12.1 Å². The number of carboxylic acids is 1. The minimum Gasteiger partial charge on any atom is -0.481 e. The Morgan fingerprint density at radius 2 is 1.86 bits per heavy atom. The fourth-order valence-electron chi connectivity index (χ4n) is 1.56. The standard InChI is InChI=1S/C14H19N3O4/c1-14(2,12(19)20)9-11(18)17-13(21)16-8-5-10-3-6-15-7-4-10/h3-4,6-7H,5,8-9H2,1-2H3,(H,19,20)(H2,16,17,18,21). The highest BCUT2D eigenvalue weighted by molar-refractivity contribution is 5.96. The van der Waals surface area contributed by atoms with Crippen molar-refractivity contribution >= 4 is 17.9 Å². The number of hydrogen-bond donors (Lipinski definition) is 3. The van der Waals surface area contributed by atoms with E-state index in [-0.39, 0.29) is 6.42 Å². The number of carboxylic acid groups (broad SMARTS) is 1. The molecule has 0 aliphatic carbocycles. The van der Waals surface area contributed by atoms with Crippen LogP contribution in [0.1, 0.15) is 25.8 Å². The van der Waals surface area contributed by atoms with Crippen LogP contribution in [0.4, 0.5) is 4.79 Å². The van der Waals surface area contributed by atoms with E-state index < -0.39 is 23.3 Å². The molecular formula is C14H19N3O4. The number of nitrogens with one attached hydrogen (secondary N) is 2. The van der Waals surface area contributed by atoms with E-state index in [2.05, 4.69) is 15.6 Å². The molecule has 1 aromatic rings. The van der Waals surface area contributed by atoms with E-state index in [0.717, 1.165) is 5.56 Å². The lowest BCUT2D eigenvalue weighted by Crippen LogP contribution is -2.42. The summed E-state index contributed by atoms with van der Waals surface area (Å²) < 4.78 is 0. The molecule has 1 aromatic heterocycles. The topological polar surface area (TPSA) is 108 Å². The fraction of sp³-hybridized carbons (Fsp3) is 0.429. The molecule has 3 amide bonds. The van der Waals surface area contributed by atoms with E-state index in [1.54, 1.807) is 12.4 Å². The predicted molar refractivity (Wildman–Crippen MR) is 75.5 cm³/mol. The lowest BCUT2D eigenvalue weighted by atomic mass is 9.89. The Morgan fingerprint density at radius 3 is 2.43 bits per heavy atom. The van der Waals surface area contributed by atoms with Gasteiger partial charge in [-0.15, -0.1) is 0 Å². The van der Waals surface area contributed by atoms with Gasteiger partial charge in [0, 0.05) is 25.4 Å². The third-order valence-corrected chi connectivity index (χ3v) is 2.88. The molecule has 1 rings (SSSR count). The Balaban J connectivity index is 2.30. The Bertz CT molecular complexity index is 514. The second-order valence-electron chi connectivity index (χ2n) is 5.28. The Hall–Kier alpha value is -2.44. The number of urea groups is 1. The first-order valence-electron chi connectivity index (χ1n) is 6.51. The van der Waals surface area contributed by atoms with Gasteiger partial charge in [-0.2, -0.15) is 0 Å². The van der Waals surface area contributed by atoms with Crippen LogP contribution < -0.4 is 10.6 Å². The van der Waals surface area contributed by atoms with Gasteiger partial charge in [0.15, 0.2) is 0 Å². The summed E-state index contributed by atoms with van der Waals surface area (Å²) in [5, 5.41) is 13.6. The Kier molecular flexibility index (Phi) is 5.83. The van der Waals surface area contributed by atoms with Crippen molar-refractivity contribution in [3.8, 4) is 0 Å². The molecule has 0 atom stereocenters. The van der Waals surface area contributed by atoms with Gasteiger partial charge in [-0.05, 0) is 38.0 Å². The third-order valence-electron chi connectivity index (χ3n) is 2.88. The molecule has 0 radical (unpaired) electrons. The highest BCUT2D eigenvalue weighted by atomic mass is 16.4. The zero-order chi connectivity index (χ0) is 15.9. The number of aliphatic carboxylic acids is 1. The number of pyridine rings is 1. The molecule has 0 aliphatic rings. The highest BCUT2D eigenvalue weighted by Crippen LogP contribution is 2.19. The molecular weight excluding hydrogens is 274 g/mol. The van der Waals surface area contributed by atoms with Gasteiger partial charge >= 0.3 is 12.0 Å². The van der Waals surface area contributed by atoms with Crippen molar-refractivity contribution in [2.24, 2.45) is 5.41 Å². The van der Waals surface area contributed by atoms with E-state index in [9.17, 15) is 14.4 Å². The Morgan fingerprint density at radius 1 is 1.24 bits per heavy atom. The van der Waals surface area contributed by atoms with Crippen molar-refractivity contribution in [2.75, 3.05) is 6.54 Å². The van der Waals surface area contributed by atoms with Crippen LogP contribution in [0.3, 0.4) is 0 Å². The second kappa shape index (κ2) is 7.37. The van der Waals surface area contributed by atoms with E-state index in [1.165, 1.54) is 13.8 Å². The van der Waals surface area contributed by atoms with Crippen LogP contribution in [0.15, 0.2) is 24.5 Å². The molecule has 0 spiro atoms. The lowest BCUT2D eigenvalue weighted by Gasteiger charge is -2.17. The van der Waals surface area contributed by atoms with Gasteiger partial charge < -0.3 is 10.4 Å². The summed E-state index contributed by atoms with van der Waals surface area (Å²) in [6, 6.07) is 3.04. The molecule has 21 heavy (non-hydrogen) atoms. The molecule has 7 heteroatoms. The maximum Gasteiger partial charge on any atom is 0.321 e. The molecule has 0 unspecified atom stereocenters. The third kappa shape index (κ3) is 6.03. The lowest BCUT2D eigenvalue weighted by molar-refractivity contribution is -0.149. The van der Waals surface area contributed by atoms with Gasteiger partial charge in [0.2, 0.25) is 5.91 Å². The van der Waals surface area contributed by atoms with Gasteiger partial charge in [-0.25, -0.2) is 4.79 Å². The van der Waals surface area contributed by atoms with Crippen molar-refractivity contribution in [1.29, 1.82) is 0 Å². The highest BCUT2D eigenvalue weighted by Gasteiger charge is 2.30. The summed E-state index contributed by atoms with van der Waals surface area (Å²) in [6.45, 7) is 3.22. The van der Waals surface area contributed by atoms with Crippen molar-refractivity contribution in [1.82, 2.24) is 15.6 Å². The largest absolute Gasteiger partial charge is 0.481 e. The number of carbonyl (C=O) groups excluding carboxylic acids is 2. The molecule has 0 saturated heterocycles. The first-order chi connectivity index (χ1) is 9.81. The van der Waals surface area contributed by atoms with Crippen LogP contribution in [0.5, 0.6) is 0 Å². The Labute approximate surface area is 122 Å². The summed E-state index contributed by atoms with van der Waals surface area (Å²) in [6.07, 6.45) is 3.67. The summed E-state index contributed by atoms with van der Waals surface area (Å²) in [5.41, 5.74) is -0.190. The van der Waals surface area contributed by atoms with E-state index >= 15 is 0 Å². The molecule has 7 nitrogen and oxygen atoms in total. The monoisotopic (exact) mass is 293 g/mol. The van der Waals surface area contributed by atoms with Crippen LogP contribution in [0.25, 0.3) is 0 Å². The second-order valence-corrected chi connectivity index (χ2v) is 5.28. The molecule has 1 heterocycles. The van der Waals surface area contributed by atoms with Crippen molar-refractivity contribution in [3.05, 3.63) is 30.1 Å². The summed E-state index contributed by atoms with van der Waals surface area (Å²) in [5.74, 6) is -1.71. The molecule has 0 aromatic carbocycles. The molecule has 114 valence electrons. The number of amides is 3. The number of nitrogens with zero attached hydrogens (tertiary/aromatic N) is 1. The molecule has 0 bridgehead atoms.